The molecule has 0 unspecified atom stereocenters. The maximum Gasteiger partial charge on any atom is 0.573 e. The molecule has 1 aromatic carbocycles. The van der Waals surface area contributed by atoms with Crippen LogP contribution in [0.3, 0.4) is 0 Å². The molecule has 1 fully saturated rings. The summed E-state index contributed by atoms with van der Waals surface area (Å²) in [6.07, 6.45) is -9.93. The highest BCUT2D eigenvalue weighted by molar-refractivity contribution is 6.52. The van der Waals surface area contributed by atoms with E-state index in [2.05, 4.69) is 9.64 Å². The van der Waals surface area contributed by atoms with Crippen LogP contribution in [0.1, 0.15) is 10.4 Å². The standard InChI is InChI=1S/C15H15F3N2O4.C2HF3O2/c16-15(17,18)24-10-1-2-12-11(9-10)13(21)14(22)20(12)4-3-19-5-7-23-8-6-19;3-2(4,5)1(6)7/h1-2,9H,3-8H2;(H,6,7). The summed E-state index contributed by atoms with van der Waals surface area (Å²) in [5.74, 6) is -4.83. The lowest BCUT2D eigenvalue weighted by atomic mass is 10.1. The molecule has 3 rings (SSSR count). The molecular formula is C17H16F6N2O6. The minimum atomic E-state index is -5.08. The number of anilines is 1. The predicted octanol–water partition coefficient (Wildman–Crippen LogP) is 2.08. The molecule has 0 bridgehead atoms. The summed E-state index contributed by atoms with van der Waals surface area (Å²) in [6, 6.07) is 3.36. The molecule has 1 amide bonds. The number of carbonyl (C=O) groups is 3. The van der Waals surface area contributed by atoms with Gasteiger partial charge >= 0.3 is 18.5 Å². The number of alkyl halides is 6. The van der Waals surface area contributed by atoms with Crippen molar-refractivity contribution in [1.29, 1.82) is 0 Å². The third kappa shape index (κ3) is 6.82. The molecule has 2 aliphatic rings. The zero-order valence-electron chi connectivity index (χ0n) is 15.6. The third-order valence-corrected chi connectivity index (χ3v) is 4.16. The molecule has 2 heterocycles. The molecule has 1 N–H and O–H groups in total. The number of morpholine rings is 1. The van der Waals surface area contributed by atoms with Crippen LogP contribution in [-0.2, 0) is 14.3 Å². The second-order valence-corrected chi connectivity index (χ2v) is 6.27. The summed E-state index contributed by atoms with van der Waals surface area (Å²) in [5, 5.41) is 7.12. The number of amides is 1. The monoisotopic (exact) mass is 458 g/mol. The van der Waals surface area contributed by atoms with E-state index >= 15 is 0 Å². The summed E-state index contributed by atoms with van der Waals surface area (Å²) in [4.78, 5) is 36.4. The van der Waals surface area contributed by atoms with E-state index in [0.29, 0.717) is 25.4 Å². The van der Waals surface area contributed by atoms with Crippen molar-refractivity contribution in [1.82, 2.24) is 4.90 Å². The Morgan fingerprint density at radius 1 is 1.06 bits per heavy atom. The van der Waals surface area contributed by atoms with E-state index in [1.807, 2.05) is 0 Å². The van der Waals surface area contributed by atoms with E-state index in [0.717, 1.165) is 25.2 Å². The van der Waals surface area contributed by atoms with E-state index in [4.69, 9.17) is 14.6 Å². The van der Waals surface area contributed by atoms with Crippen LogP contribution in [-0.4, -0.2) is 79.6 Å². The van der Waals surface area contributed by atoms with Gasteiger partial charge in [0, 0.05) is 26.2 Å². The third-order valence-electron chi connectivity index (χ3n) is 4.16. The first kappa shape index (κ1) is 24.4. The van der Waals surface area contributed by atoms with Crippen molar-refractivity contribution < 1.29 is 55.3 Å². The summed E-state index contributed by atoms with van der Waals surface area (Å²) < 4.78 is 77.6. The number of ether oxygens (including phenoxy) is 2. The number of fused-ring (bicyclic) bond motifs is 1. The lowest BCUT2D eigenvalue weighted by Gasteiger charge is -2.28. The van der Waals surface area contributed by atoms with E-state index in [1.54, 1.807) is 0 Å². The van der Waals surface area contributed by atoms with E-state index in [1.165, 1.54) is 11.0 Å². The number of nitrogens with zero attached hydrogens (tertiary/aromatic N) is 2. The Hall–Kier alpha value is -2.87. The number of Topliss-reactive ketones (excluding diaryl/α,β-unsaturated/α-hetero) is 1. The first-order chi connectivity index (χ1) is 14.3. The minimum absolute atomic E-state index is 0.0660. The van der Waals surface area contributed by atoms with Gasteiger partial charge in [-0.15, -0.1) is 13.2 Å². The number of carboxylic acids is 1. The second kappa shape index (κ2) is 9.51. The molecule has 1 aromatic rings. The molecule has 0 saturated carbocycles. The molecule has 2 aliphatic heterocycles. The zero-order chi connectivity index (χ0) is 23.4. The summed E-state index contributed by atoms with van der Waals surface area (Å²) in [5.41, 5.74) is 0.247. The van der Waals surface area contributed by atoms with Crippen LogP contribution in [0.2, 0.25) is 0 Å². The topological polar surface area (TPSA) is 96.4 Å². The van der Waals surface area contributed by atoms with Gasteiger partial charge in [-0.3, -0.25) is 14.5 Å². The highest BCUT2D eigenvalue weighted by atomic mass is 19.4. The molecule has 1 saturated heterocycles. The normalized spacial score (nSPS) is 17.2. The zero-order valence-corrected chi connectivity index (χ0v) is 15.6. The molecule has 14 heteroatoms. The van der Waals surface area contributed by atoms with Gasteiger partial charge in [0.05, 0.1) is 24.5 Å². The van der Waals surface area contributed by atoms with Crippen LogP contribution in [0.5, 0.6) is 5.75 Å². The average Bonchev–Trinajstić information content (AvgIpc) is 2.90. The first-order valence-corrected chi connectivity index (χ1v) is 8.66. The van der Waals surface area contributed by atoms with Gasteiger partial charge in [-0.25, -0.2) is 4.79 Å². The Balaban J connectivity index is 0.000000423. The smallest absolute Gasteiger partial charge is 0.475 e. The van der Waals surface area contributed by atoms with Crippen molar-refractivity contribution in [3.8, 4) is 5.75 Å². The summed E-state index contributed by atoms with van der Waals surface area (Å²) in [6.45, 7) is 3.55. The molecule has 0 atom stereocenters. The molecule has 31 heavy (non-hydrogen) atoms. The van der Waals surface area contributed by atoms with Gasteiger partial charge in [-0.2, -0.15) is 13.2 Å². The highest BCUT2D eigenvalue weighted by Gasteiger charge is 2.39. The molecule has 0 spiro atoms. The number of aliphatic carboxylic acids is 1. The van der Waals surface area contributed by atoms with E-state index in [9.17, 15) is 35.9 Å². The van der Waals surface area contributed by atoms with Crippen LogP contribution in [0, 0.1) is 0 Å². The van der Waals surface area contributed by atoms with Crippen LogP contribution in [0.15, 0.2) is 18.2 Å². The lowest BCUT2D eigenvalue weighted by molar-refractivity contribution is -0.274. The fraction of sp³-hybridized carbons (Fsp3) is 0.471. The Labute approximate surface area is 170 Å². The molecule has 0 aromatic heterocycles. The maximum absolute atomic E-state index is 12.3. The van der Waals surface area contributed by atoms with Gasteiger partial charge in [0.15, 0.2) is 0 Å². The van der Waals surface area contributed by atoms with Crippen LogP contribution < -0.4 is 9.64 Å². The molecule has 8 nitrogen and oxygen atoms in total. The first-order valence-electron chi connectivity index (χ1n) is 8.66. The Morgan fingerprint density at radius 2 is 1.65 bits per heavy atom. The second-order valence-electron chi connectivity index (χ2n) is 6.27. The fourth-order valence-electron chi connectivity index (χ4n) is 2.76. The summed E-state index contributed by atoms with van der Waals surface area (Å²) >= 11 is 0. The van der Waals surface area contributed by atoms with Crippen molar-refractivity contribution in [2.45, 2.75) is 12.5 Å². The number of hydrogen-bond donors (Lipinski definition) is 1. The summed E-state index contributed by atoms with van der Waals surface area (Å²) in [7, 11) is 0. The number of halogens is 6. The molecular weight excluding hydrogens is 442 g/mol. The van der Waals surface area contributed by atoms with Crippen LogP contribution >= 0.6 is 0 Å². The number of benzene rings is 1. The number of rotatable bonds is 4. The van der Waals surface area contributed by atoms with Gasteiger partial charge in [0.1, 0.15) is 5.75 Å². The fourth-order valence-corrected chi connectivity index (χ4v) is 2.76. The lowest BCUT2D eigenvalue weighted by Crippen LogP contribution is -2.42. The quantitative estimate of drug-likeness (QED) is 0.545. The van der Waals surface area contributed by atoms with Gasteiger partial charge in [-0.1, -0.05) is 0 Å². The van der Waals surface area contributed by atoms with Crippen molar-refractivity contribution in [3.05, 3.63) is 23.8 Å². The average molecular weight is 458 g/mol. The van der Waals surface area contributed by atoms with Crippen molar-refractivity contribution in [2.75, 3.05) is 44.3 Å². The highest BCUT2D eigenvalue weighted by Crippen LogP contribution is 2.33. The van der Waals surface area contributed by atoms with Gasteiger partial charge in [0.25, 0.3) is 11.7 Å². The van der Waals surface area contributed by atoms with Crippen LogP contribution in [0.25, 0.3) is 0 Å². The van der Waals surface area contributed by atoms with E-state index < -0.39 is 35.9 Å². The van der Waals surface area contributed by atoms with Gasteiger partial charge in [-0.05, 0) is 18.2 Å². The van der Waals surface area contributed by atoms with Crippen molar-refractivity contribution in [3.63, 3.8) is 0 Å². The number of carboxylic acid groups (broad SMARTS) is 1. The molecule has 0 aliphatic carbocycles. The Kier molecular flexibility index (Phi) is 7.49. The SMILES string of the molecule is O=C(O)C(F)(F)F.O=C1C(=O)N(CCN2CCOCC2)c2ccc(OC(F)(F)F)cc21. The largest absolute Gasteiger partial charge is 0.573 e. The van der Waals surface area contributed by atoms with Gasteiger partial charge < -0.3 is 19.5 Å². The number of carbonyl (C=O) groups excluding carboxylic acids is 2. The molecule has 172 valence electrons. The Bertz CT molecular complexity index is 835. The van der Waals surface area contributed by atoms with Crippen LogP contribution in [0.4, 0.5) is 32.0 Å². The van der Waals surface area contributed by atoms with E-state index in [-0.39, 0.29) is 12.1 Å². The number of hydrogen-bond acceptors (Lipinski definition) is 6. The van der Waals surface area contributed by atoms with Gasteiger partial charge in [0.2, 0.25) is 0 Å². The Morgan fingerprint density at radius 3 is 2.16 bits per heavy atom. The van der Waals surface area contributed by atoms with Crippen molar-refractivity contribution in [2.24, 2.45) is 0 Å². The van der Waals surface area contributed by atoms with Crippen molar-refractivity contribution >= 4 is 23.3 Å². The number of ketones is 1. The minimum Gasteiger partial charge on any atom is -0.475 e. The predicted molar refractivity (Wildman–Crippen MR) is 90.8 cm³/mol. The molecule has 0 radical (unpaired) electrons. The maximum atomic E-state index is 12.3.